The van der Waals surface area contributed by atoms with Gasteiger partial charge in [0.05, 0.1) is 12.2 Å². The number of aliphatic hydroxyl groups is 3. The lowest BCUT2D eigenvalue weighted by atomic mass is 10.0. The van der Waals surface area contributed by atoms with Crippen molar-refractivity contribution in [2.24, 2.45) is 0 Å². The number of allylic oxidation sites excluding steroid dienone is 2. The van der Waals surface area contributed by atoms with Crippen molar-refractivity contribution in [1.82, 2.24) is 4.90 Å². The summed E-state index contributed by atoms with van der Waals surface area (Å²) < 4.78 is 5.48. The van der Waals surface area contributed by atoms with Gasteiger partial charge in [-0.2, -0.15) is 0 Å². The smallest absolute Gasteiger partial charge is 0.333 e. The first-order valence-electron chi connectivity index (χ1n) is 7.04. The maximum atomic E-state index is 11.4. The summed E-state index contributed by atoms with van der Waals surface area (Å²) in [6, 6.07) is 0. The van der Waals surface area contributed by atoms with Gasteiger partial charge < -0.3 is 30.1 Å². The van der Waals surface area contributed by atoms with Gasteiger partial charge in [-0.15, -0.1) is 0 Å². The topological polar surface area (TPSA) is 110 Å². The molecule has 0 radical (unpaired) electrons. The normalized spacial score (nSPS) is 32.9. The van der Waals surface area contributed by atoms with Gasteiger partial charge in [-0.3, -0.25) is 0 Å². The van der Waals surface area contributed by atoms with Gasteiger partial charge in [0.2, 0.25) is 0 Å². The fourth-order valence-electron chi connectivity index (χ4n) is 2.72. The lowest BCUT2D eigenvalue weighted by Gasteiger charge is -2.34. The molecule has 0 aliphatic carbocycles. The number of hydrogen-bond donors (Lipinski definition) is 4. The largest absolute Gasteiger partial charge is 0.478 e. The molecule has 0 saturated carbocycles. The molecule has 118 valence electrons. The van der Waals surface area contributed by atoms with Crippen molar-refractivity contribution < 1.29 is 30.0 Å². The predicted octanol–water partition coefficient (Wildman–Crippen LogP) is -0.216. The van der Waals surface area contributed by atoms with Crippen molar-refractivity contribution in [2.75, 3.05) is 6.61 Å². The van der Waals surface area contributed by atoms with Gasteiger partial charge in [0, 0.05) is 18.3 Å². The minimum atomic E-state index is -1.22. The maximum Gasteiger partial charge on any atom is 0.333 e. The average Bonchev–Trinajstić information content (AvgIpc) is 2.75. The maximum absolute atomic E-state index is 11.4. The molecule has 0 bridgehead atoms. The van der Waals surface area contributed by atoms with Crippen molar-refractivity contribution in [2.45, 2.75) is 50.7 Å². The number of aliphatic carboxylic acids is 1. The van der Waals surface area contributed by atoms with Crippen LogP contribution in [-0.4, -0.2) is 62.4 Å². The fourth-order valence-corrected chi connectivity index (χ4v) is 2.72. The highest BCUT2D eigenvalue weighted by molar-refractivity contribution is 5.88. The van der Waals surface area contributed by atoms with Crippen molar-refractivity contribution >= 4 is 5.97 Å². The molecule has 21 heavy (non-hydrogen) atoms. The summed E-state index contributed by atoms with van der Waals surface area (Å²) >= 11 is 0. The van der Waals surface area contributed by atoms with Gasteiger partial charge in [0.25, 0.3) is 0 Å². The van der Waals surface area contributed by atoms with E-state index in [1.165, 1.54) is 0 Å². The molecule has 4 N–H and O–H groups in total. The standard InChI is InChI=1S/C14H21NO6/c1-2-4-9-8(14(19)20)5-3-6-15(9)13-12(18)11(17)10(7-16)21-13/h3,6,10-13,16-18H,2,4-5,7H2,1H3,(H,19,20)/t10-,11+,12+,13-/m1/s1. The van der Waals surface area contributed by atoms with E-state index in [-0.39, 0.29) is 5.57 Å². The highest BCUT2D eigenvalue weighted by atomic mass is 16.6. The van der Waals surface area contributed by atoms with Crippen molar-refractivity contribution in [1.29, 1.82) is 0 Å². The lowest BCUT2D eigenvalue weighted by Crippen LogP contribution is -2.42. The third kappa shape index (κ3) is 2.96. The third-order valence-corrected chi connectivity index (χ3v) is 3.78. The molecule has 0 amide bonds. The quantitative estimate of drug-likeness (QED) is 0.555. The molecule has 2 aliphatic rings. The Morgan fingerprint density at radius 1 is 1.43 bits per heavy atom. The second-order valence-corrected chi connectivity index (χ2v) is 5.21. The van der Waals surface area contributed by atoms with E-state index in [4.69, 9.17) is 9.84 Å². The molecule has 1 saturated heterocycles. The zero-order valence-electron chi connectivity index (χ0n) is 11.8. The van der Waals surface area contributed by atoms with E-state index < -0.39 is 37.1 Å². The molecule has 0 aromatic rings. The fraction of sp³-hybridized carbons (Fsp3) is 0.643. The van der Waals surface area contributed by atoms with E-state index in [1.54, 1.807) is 17.2 Å². The molecule has 1 fully saturated rings. The van der Waals surface area contributed by atoms with Gasteiger partial charge in [-0.25, -0.2) is 4.79 Å². The first-order valence-corrected chi connectivity index (χ1v) is 7.04. The highest BCUT2D eigenvalue weighted by Crippen LogP contribution is 2.32. The van der Waals surface area contributed by atoms with E-state index in [1.807, 2.05) is 6.92 Å². The number of nitrogens with zero attached hydrogens (tertiary/aromatic N) is 1. The summed E-state index contributed by atoms with van der Waals surface area (Å²) in [4.78, 5) is 12.9. The van der Waals surface area contributed by atoms with Crippen LogP contribution in [0.15, 0.2) is 23.5 Å². The van der Waals surface area contributed by atoms with Crippen LogP contribution in [0.25, 0.3) is 0 Å². The van der Waals surface area contributed by atoms with E-state index in [9.17, 15) is 20.1 Å². The van der Waals surface area contributed by atoms with Crippen LogP contribution in [-0.2, 0) is 9.53 Å². The highest BCUT2D eigenvalue weighted by Gasteiger charge is 2.46. The monoisotopic (exact) mass is 299 g/mol. The lowest BCUT2D eigenvalue weighted by molar-refractivity contribution is -0.133. The van der Waals surface area contributed by atoms with Crippen LogP contribution < -0.4 is 0 Å². The van der Waals surface area contributed by atoms with E-state index in [0.717, 1.165) is 6.42 Å². The summed E-state index contributed by atoms with van der Waals surface area (Å²) in [6.45, 7) is 1.52. The summed E-state index contributed by atoms with van der Waals surface area (Å²) in [5.74, 6) is -1.00. The molecule has 0 unspecified atom stereocenters. The molecule has 7 heteroatoms. The minimum absolute atomic E-state index is 0.261. The van der Waals surface area contributed by atoms with Gasteiger partial charge in [0.1, 0.15) is 18.3 Å². The minimum Gasteiger partial charge on any atom is -0.478 e. The Hall–Kier alpha value is -1.41. The van der Waals surface area contributed by atoms with Gasteiger partial charge in [0.15, 0.2) is 6.23 Å². The van der Waals surface area contributed by atoms with Crippen LogP contribution in [0.1, 0.15) is 26.2 Å². The molecule has 7 nitrogen and oxygen atoms in total. The number of carboxylic acids is 1. The second-order valence-electron chi connectivity index (χ2n) is 5.21. The zero-order valence-corrected chi connectivity index (χ0v) is 11.8. The Kier molecular flexibility index (Phi) is 5.00. The van der Waals surface area contributed by atoms with E-state index >= 15 is 0 Å². The van der Waals surface area contributed by atoms with E-state index in [2.05, 4.69) is 0 Å². The van der Waals surface area contributed by atoms with Crippen LogP contribution in [0.2, 0.25) is 0 Å². The van der Waals surface area contributed by atoms with Crippen LogP contribution in [0.4, 0.5) is 0 Å². The van der Waals surface area contributed by atoms with Crippen LogP contribution in [0.3, 0.4) is 0 Å². The van der Waals surface area contributed by atoms with Crippen LogP contribution in [0.5, 0.6) is 0 Å². The summed E-state index contributed by atoms with van der Waals surface area (Å²) in [5.41, 5.74) is 0.833. The Morgan fingerprint density at radius 3 is 2.67 bits per heavy atom. The summed E-state index contributed by atoms with van der Waals surface area (Å²) in [7, 11) is 0. The van der Waals surface area contributed by atoms with Crippen LogP contribution in [0, 0.1) is 0 Å². The molecular formula is C14H21NO6. The van der Waals surface area contributed by atoms with Crippen LogP contribution >= 0.6 is 0 Å². The zero-order chi connectivity index (χ0) is 15.6. The predicted molar refractivity (Wildman–Crippen MR) is 72.9 cm³/mol. The Bertz CT molecular complexity index is 460. The molecular weight excluding hydrogens is 278 g/mol. The number of ether oxygens (including phenoxy) is 1. The van der Waals surface area contributed by atoms with Gasteiger partial charge in [-0.05, 0) is 6.42 Å². The van der Waals surface area contributed by atoms with Crippen molar-refractivity contribution in [3.8, 4) is 0 Å². The third-order valence-electron chi connectivity index (χ3n) is 3.78. The second kappa shape index (κ2) is 6.57. The molecule has 4 atom stereocenters. The number of rotatable bonds is 5. The molecule has 0 aromatic carbocycles. The number of aliphatic hydroxyl groups excluding tert-OH is 3. The van der Waals surface area contributed by atoms with E-state index in [0.29, 0.717) is 18.5 Å². The Morgan fingerprint density at radius 2 is 2.14 bits per heavy atom. The SMILES string of the molecule is CCCC1=C(C(=O)O)CC=CN1[C@@H]1O[C@H](CO)[C@H](O)[C@@H]1O. The first-order chi connectivity index (χ1) is 10.0. The van der Waals surface area contributed by atoms with Crippen molar-refractivity contribution in [3.05, 3.63) is 23.5 Å². The summed E-state index contributed by atoms with van der Waals surface area (Å²) in [6.07, 6.45) is 0.730. The van der Waals surface area contributed by atoms with Gasteiger partial charge >= 0.3 is 5.97 Å². The average molecular weight is 299 g/mol. The number of carbonyl (C=O) groups is 1. The first kappa shape index (κ1) is 16.0. The van der Waals surface area contributed by atoms with Crippen molar-refractivity contribution in [3.63, 3.8) is 0 Å². The molecule has 2 aliphatic heterocycles. The molecule has 0 spiro atoms. The molecule has 0 aromatic heterocycles. The number of hydrogen-bond acceptors (Lipinski definition) is 6. The van der Waals surface area contributed by atoms with Gasteiger partial charge in [-0.1, -0.05) is 19.4 Å². The Balaban J connectivity index is 2.30. The molecule has 2 heterocycles. The summed E-state index contributed by atoms with van der Waals surface area (Å²) in [5, 5.41) is 38.4. The Labute approximate surface area is 122 Å². The molecule has 2 rings (SSSR count). The number of carboxylic acid groups (broad SMARTS) is 1.